The number of ketones is 1. The molecule has 2 saturated heterocycles. The molecule has 2 fully saturated rings. The molecule has 0 aliphatic carbocycles. The van der Waals surface area contributed by atoms with Crippen LogP contribution in [0.1, 0.15) is 27.5 Å². The Labute approximate surface area is 215 Å². The van der Waals surface area contributed by atoms with Crippen molar-refractivity contribution in [3.05, 3.63) is 99.7 Å². The van der Waals surface area contributed by atoms with Gasteiger partial charge in [0.1, 0.15) is 6.04 Å². The van der Waals surface area contributed by atoms with Gasteiger partial charge in [-0.05, 0) is 41.5 Å². The van der Waals surface area contributed by atoms with E-state index in [9.17, 15) is 24.5 Å². The summed E-state index contributed by atoms with van der Waals surface area (Å²) in [5.41, 5.74) is 2.22. The molecule has 4 aliphatic heterocycles. The Morgan fingerprint density at radius 3 is 2.45 bits per heavy atom. The number of carbonyl (C=O) groups excluding carboxylic acids is 3. The monoisotopic (exact) mass is 509 g/mol. The van der Waals surface area contributed by atoms with E-state index in [1.54, 1.807) is 29.3 Å². The minimum atomic E-state index is -0.966. The molecule has 188 valence electrons. The van der Waals surface area contributed by atoms with E-state index in [1.807, 2.05) is 30.3 Å². The molecular formula is C28H19N3O7. The number of rotatable bonds is 4. The summed E-state index contributed by atoms with van der Waals surface area (Å²) < 4.78 is 10.8. The van der Waals surface area contributed by atoms with Crippen molar-refractivity contribution in [3.8, 4) is 11.5 Å². The fourth-order valence-electron chi connectivity index (χ4n) is 6.05. The van der Waals surface area contributed by atoms with Gasteiger partial charge >= 0.3 is 0 Å². The third-order valence-corrected chi connectivity index (χ3v) is 7.71. The number of carbonyl (C=O) groups is 3. The third-order valence-electron chi connectivity index (χ3n) is 7.71. The molecule has 0 bridgehead atoms. The quantitative estimate of drug-likeness (QED) is 0.226. The number of hydrogen-bond acceptors (Lipinski definition) is 8. The number of imide groups is 1. The van der Waals surface area contributed by atoms with Gasteiger partial charge in [0.05, 0.1) is 28.5 Å². The summed E-state index contributed by atoms with van der Waals surface area (Å²) in [5.74, 6) is -2.03. The van der Waals surface area contributed by atoms with E-state index in [-0.39, 0.29) is 23.8 Å². The minimum Gasteiger partial charge on any atom is -0.454 e. The summed E-state index contributed by atoms with van der Waals surface area (Å²) in [6.45, 7) is 0.0535. The van der Waals surface area contributed by atoms with Gasteiger partial charge < -0.3 is 14.4 Å². The van der Waals surface area contributed by atoms with Crippen molar-refractivity contribution in [2.75, 3.05) is 11.7 Å². The molecule has 0 spiro atoms. The van der Waals surface area contributed by atoms with Crippen LogP contribution >= 0.6 is 0 Å². The van der Waals surface area contributed by atoms with Crippen LogP contribution < -0.4 is 14.4 Å². The van der Waals surface area contributed by atoms with E-state index in [2.05, 4.69) is 0 Å². The Morgan fingerprint density at radius 2 is 1.66 bits per heavy atom. The lowest BCUT2D eigenvalue weighted by Crippen LogP contribution is -2.44. The van der Waals surface area contributed by atoms with Crippen molar-refractivity contribution in [2.24, 2.45) is 11.8 Å². The van der Waals surface area contributed by atoms with Gasteiger partial charge in [-0.3, -0.25) is 24.5 Å². The predicted octanol–water partition coefficient (Wildman–Crippen LogP) is 3.72. The zero-order chi connectivity index (χ0) is 26.1. The van der Waals surface area contributed by atoms with Crippen molar-refractivity contribution < 1.29 is 28.8 Å². The van der Waals surface area contributed by atoms with Crippen LogP contribution in [0.25, 0.3) is 6.08 Å². The highest BCUT2D eigenvalue weighted by Gasteiger charge is 2.64. The number of anilines is 1. The average Bonchev–Trinajstić information content (AvgIpc) is 3.61. The van der Waals surface area contributed by atoms with Gasteiger partial charge in [-0.15, -0.1) is 0 Å². The van der Waals surface area contributed by atoms with E-state index in [0.717, 1.165) is 16.0 Å². The number of ether oxygens (including phenoxy) is 2. The van der Waals surface area contributed by atoms with Crippen LogP contribution in [-0.4, -0.2) is 40.3 Å². The standard InChI is InChI=1S/C28H19N3O7/c32-26(16-5-7-17(8-6-16)31(35)36)25-23-22(24-19-4-2-1-3-15(19)11-12-29(24)25)27(33)30(28(23)34)18-9-10-20-21(13-18)38-14-37-20/h1-13,22-25H,14H2/t22-,23+,24+,25-/m0/s1. The van der Waals surface area contributed by atoms with Gasteiger partial charge in [0.25, 0.3) is 5.69 Å². The first kappa shape index (κ1) is 22.2. The SMILES string of the molecule is O=C(c1ccc([N+](=O)[O-])cc1)[C@@H]1[C@@H]2C(=O)N(c3ccc4c(c3)OCO4)C(=O)[C@@H]2[C@H]2c3ccccc3C=CN12. The first-order chi connectivity index (χ1) is 18.4. The van der Waals surface area contributed by atoms with Gasteiger partial charge in [0, 0.05) is 30.0 Å². The second kappa shape index (κ2) is 8.01. The van der Waals surface area contributed by atoms with Crippen LogP contribution in [0, 0.1) is 22.0 Å². The number of benzene rings is 3. The summed E-state index contributed by atoms with van der Waals surface area (Å²) in [7, 11) is 0. The number of Topliss-reactive ketones (excluding diaryl/α,β-unsaturated/α-hetero) is 1. The highest BCUT2D eigenvalue weighted by Crippen LogP contribution is 2.54. The first-order valence-corrected chi connectivity index (χ1v) is 12.0. The van der Waals surface area contributed by atoms with Gasteiger partial charge in [0.2, 0.25) is 18.6 Å². The molecule has 0 saturated carbocycles. The van der Waals surface area contributed by atoms with E-state index < -0.39 is 40.7 Å². The lowest BCUT2D eigenvalue weighted by Gasteiger charge is -2.35. The Kier molecular flexibility index (Phi) is 4.68. The molecule has 0 aromatic heterocycles. The maximum atomic E-state index is 14.0. The van der Waals surface area contributed by atoms with Crippen molar-refractivity contribution in [2.45, 2.75) is 12.1 Å². The lowest BCUT2D eigenvalue weighted by molar-refractivity contribution is -0.384. The maximum Gasteiger partial charge on any atom is 0.269 e. The number of nitrogens with zero attached hydrogens (tertiary/aromatic N) is 3. The molecular weight excluding hydrogens is 490 g/mol. The maximum absolute atomic E-state index is 14.0. The summed E-state index contributed by atoms with van der Waals surface area (Å²) in [5, 5.41) is 11.1. The molecule has 10 nitrogen and oxygen atoms in total. The number of fused-ring (bicyclic) bond motifs is 6. The molecule has 3 aromatic rings. The number of non-ortho nitro benzene ring substituents is 1. The molecule has 10 heteroatoms. The second-order valence-electron chi connectivity index (χ2n) is 9.55. The summed E-state index contributed by atoms with van der Waals surface area (Å²) in [6.07, 6.45) is 3.64. The van der Waals surface area contributed by atoms with Crippen LogP contribution in [-0.2, 0) is 9.59 Å². The van der Waals surface area contributed by atoms with Crippen LogP contribution in [0.2, 0.25) is 0 Å². The van der Waals surface area contributed by atoms with Gasteiger partial charge in [-0.1, -0.05) is 24.3 Å². The molecule has 4 atom stereocenters. The van der Waals surface area contributed by atoms with Crippen LogP contribution in [0.4, 0.5) is 11.4 Å². The third kappa shape index (κ3) is 3.03. The molecule has 4 heterocycles. The van der Waals surface area contributed by atoms with Crippen LogP contribution in [0.5, 0.6) is 11.5 Å². The molecule has 0 N–H and O–H groups in total. The van der Waals surface area contributed by atoms with E-state index in [4.69, 9.17) is 9.47 Å². The Hall–Kier alpha value is -4.99. The topological polar surface area (TPSA) is 119 Å². The smallest absolute Gasteiger partial charge is 0.269 e. The van der Waals surface area contributed by atoms with Crippen molar-refractivity contribution >= 4 is 35.0 Å². The van der Waals surface area contributed by atoms with Crippen LogP contribution in [0.15, 0.2) is 72.9 Å². The molecule has 38 heavy (non-hydrogen) atoms. The number of nitro groups is 1. The second-order valence-corrected chi connectivity index (χ2v) is 9.55. The summed E-state index contributed by atoms with van der Waals surface area (Å²) >= 11 is 0. The molecule has 4 aliphatic rings. The Morgan fingerprint density at radius 1 is 0.921 bits per heavy atom. The summed E-state index contributed by atoms with van der Waals surface area (Å²) in [6, 6.07) is 16.3. The van der Waals surface area contributed by atoms with Gasteiger partial charge in [-0.25, -0.2) is 4.90 Å². The molecule has 7 rings (SSSR count). The minimum absolute atomic E-state index is 0.0535. The van der Waals surface area contributed by atoms with E-state index in [0.29, 0.717) is 17.2 Å². The normalized spacial score (nSPS) is 24.3. The molecule has 0 unspecified atom stereocenters. The van der Waals surface area contributed by atoms with Crippen LogP contribution in [0.3, 0.4) is 0 Å². The first-order valence-electron chi connectivity index (χ1n) is 12.0. The van der Waals surface area contributed by atoms with Crippen molar-refractivity contribution in [3.63, 3.8) is 0 Å². The fourth-order valence-corrected chi connectivity index (χ4v) is 6.05. The highest BCUT2D eigenvalue weighted by molar-refractivity contribution is 6.24. The molecule has 0 radical (unpaired) electrons. The Bertz CT molecular complexity index is 1580. The predicted molar refractivity (Wildman–Crippen MR) is 133 cm³/mol. The summed E-state index contributed by atoms with van der Waals surface area (Å²) in [4.78, 5) is 55.4. The Balaban J connectivity index is 1.34. The van der Waals surface area contributed by atoms with E-state index >= 15 is 0 Å². The van der Waals surface area contributed by atoms with E-state index in [1.165, 1.54) is 24.3 Å². The van der Waals surface area contributed by atoms with Crippen molar-refractivity contribution in [1.82, 2.24) is 4.90 Å². The fraction of sp³-hybridized carbons (Fsp3) is 0.179. The number of hydrogen-bond donors (Lipinski definition) is 0. The largest absolute Gasteiger partial charge is 0.454 e. The highest BCUT2D eigenvalue weighted by atomic mass is 16.7. The molecule has 3 aromatic carbocycles. The zero-order valence-corrected chi connectivity index (χ0v) is 19.7. The van der Waals surface area contributed by atoms with Gasteiger partial charge in [0.15, 0.2) is 17.3 Å². The van der Waals surface area contributed by atoms with Gasteiger partial charge in [-0.2, -0.15) is 0 Å². The average molecular weight is 509 g/mol. The number of nitro benzene ring substituents is 1. The number of amides is 2. The lowest BCUT2D eigenvalue weighted by atomic mass is 9.83. The van der Waals surface area contributed by atoms with Crippen molar-refractivity contribution in [1.29, 1.82) is 0 Å². The molecule has 2 amide bonds. The zero-order valence-electron chi connectivity index (χ0n) is 19.7.